The molecule has 0 spiro atoms. The Labute approximate surface area is 111 Å². The first-order valence-electron chi connectivity index (χ1n) is 5.82. The molecule has 0 saturated carbocycles. The van der Waals surface area contributed by atoms with Crippen LogP contribution in [0.15, 0.2) is 23.2 Å². The maximum absolute atomic E-state index is 11.6. The second-order valence-electron chi connectivity index (χ2n) is 4.12. The molecule has 0 bridgehead atoms. The topological polar surface area (TPSA) is 50.7 Å². The Bertz CT molecular complexity index is 486. The molecular weight excluding hydrogens is 248 g/mol. The highest BCUT2D eigenvalue weighted by atomic mass is 32.2. The summed E-state index contributed by atoms with van der Waals surface area (Å²) in [5.41, 5.74) is 2.37. The van der Waals surface area contributed by atoms with Crippen molar-refractivity contribution in [1.82, 2.24) is 5.32 Å². The van der Waals surface area contributed by atoms with Gasteiger partial charge in [0.05, 0.1) is 6.54 Å². The second-order valence-corrected chi connectivity index (χ2v) is 5.20. The Hall–Kier alpha value is -1.49. The van der Waals surface area contributed by atoms with Crippen molar-refractivity contribution in [2.75, 3.05) is 18.9 Å². The molecule has 0 saturated heterocycles. The van der Waals surface area contributed by atoms with Crippen LogP contribution in [-0.2, 0) is 4.79 Å². The Morgan fingerprint density at radius 2 is 2.28 bits per heavy atom. The third kappa shape index (κ3) is 3.50. The second kappa shape index (κ2) is 5.91. The van der Waals surface area contributed by atoms with Crippen LogP contribution in [-0.4, -0.2) is 30.0 Å². The molecule has 1 aliphatic heterocycles. The zero-order chi connectivity index (χ0) is 13.0. The summed E-state index contributed by atoms with van der Waals surface area (Å²) in [4.78, 5) is 15.7. The van der Waals surface area contributed by atoms with Crippen LogP contribution in [0, 0.1) is 13.8 Å². The number of hydrogen-bond donors (Lipinski definition) is 1. The molecule has 1 heterocycles. The van der Waals surface area contributed by atoms with E-state index in [0.717, 1.165) is 17.9 Å². The SMILES string of the molecule is Cc1ccc(OCC(=O)NC2=NCCS2)cc1C. The van der Waals surface area contributed by atoms with E-state index >= 15 is 0 Å². The molecule has 0 radical (unpaired) electrons. The molecule has 1 aliphatic rings. The van der Waals surface area contributed by atoms with Gasteiger partial charge in [0.1, 0.15) is 5.75 Å². The van der Waals surface area contributed by atoms with E-state index in [1.54, 1.807) is 11.8 Å². The van der Waals surface area contributed by atoms with Crippen molar-refractivity contribution in [2.45, 2.75) is 13.8 Å². The van der Waals surface area contributed by atoms with Gasteiger partial charge in [-0.25, -0.2) is 0 Å². The van der Waals surface area contributed by atoms with Gasteiger partial charge >= 0.3 is 0 Å². The average Bonchev–Trinajstić information content (AvgIpc) is 2.83. The van der Waals surface area contributed by atoms with E-state index in [-0.39, 0.29) is 12.5 Å². The summed E-state index contributed by atoms with van der Waals surface area (Å²) in [6, 6.07) is 5.79. The van der Waals surface area contributed by atoms with Crippen LogP contribution in [0.5, 0.6) is 5.75 Å². The van der Waals surface area contributed by atoms with Gasteiger partial charge in [-0.1, -0.05) is 17.8 Å². The number of ether oxygens (including phenoxy) is 1. The number of rotatable bonds is 3. The summed E-state index contributed by atoms with van der Waals surface area (Å²) >= 11 is 1.56. The number of carbonyl (C=O) groups is 1. The molecule has 0 atom stereocenters. The van der Waals surface area contributed by atoms with Crippen molar-refractivity contribution in [2.24, 2.45) is 4.99 Å². The van der Waals surface area contributed by atoms with Crippen LogP contribution in [0.2, 0.25) is 0 Å². The fourth-order valence-electron chi connectivity index (χ4n) is 1.52. The van der Waals surface area contributed by atoms with Gasteiger partial charge in [0.2, 0.25) is 0 Å². The Morgan fingerprint density at radius 3 is 2.94 bits per heavy atom. The van der Waals surface area contributed by atoms with Crippen molar-refractivity contribution in [3.63, 3.8) is 0 Å². The predicted octanol–water partition coefficient (Wildman–Crippen LogP) is 1.90. The highest BCUT2D eigenvalue weighted by Crippen LogP contribution is 2.16. The van der Waals surface area contributed by atoms with E-state index in [4.69, 9.17) is 4.74 Å². The summed E-state index contributed by atoms with van der Waals surface area (Å²) in [7, 11) is 0. The Kier molecular flexibility index (Phi) is 4.25. The minimum absolute atomic E-state index is 0.0160. The van der Waals surface area contributed by atoms with E-state index in [2.05, 4.69) is 10.3 Å². The van der Waals surface area contributed by atoms with Gasteiger partial charge < -0.3 is 10.1 Å². The molecular formula is C13H16N2O2S. The fourth-order valence-corrected chi connectivity index (χ4v) is 2.26. The molecule has 5 heteroatoms. The third-order valence-corrected chi connectivity index (χ3v) is 3.57. The largest absolute Gasteiger partial charge is 0.484 e. The van der Waals surface area contributed by atoms with Gasteiger partial charge in [0.15, 0.2) is 11.8 Å². The van der Waals surface area contributed by atoms with Gasteiger partial charge in [0.25, 0.3) is 5.91 Å². The Balaban J connectivity index is 1.83. The molecule has 18 heavy (non-hydrogen) atoms. The number of carbonyl (C=O) groups excluding carboxylic acids is 1. The summed E-state index contributed by atoms with van der Waals surface area (Å²) in [6.07, 6.45) is 0. The zero-order valence-electron chi connectivity index (χ0n) is 10.5. The van der Waals surface area contributed by atoms with Crippen LogP contribution < -0.4 is 10.1 Å². The molecule has 96 valence electrons. The quantitative estimate of drug-likeness (QED) is 0.907. The smallest absolute Gasteiger partial charge is 0.263 e. The van der Waals surface area contributed by atoms with Crippen LogP contribution in [0.3, 0.4) is 0 Å². The lowest BCUT2D eigenvalue weighted by Crippen LogP contribution is -2.32. The minimum atomic E-state index is -0.165. The molecule has 0 aliphatic carbocycles. The predicted molar refractivity (Wildman–Crippen MR) is 74.3 cm³/mol. The van der Waals surface area contributed by atoms with Crippen molar-refractivity contribution in [3.8, 4) is 5.75 Å². The first kappa shape index (κ1) is 13.0. The number of aryl methyl sites for hydroxylation is 2. The van der Waals surface area contributed by atoms with Gasteiger partial charge in [-0.05, 0) is 37.1 Å². The lowest BCUT2D eigenvalue weighted by atomic mass is 10.1. The Morgan fingerprint density at radius 1 is 1.44 bits per heavy atom. The molecule has 2 rings (SSSR count). The van der Waals surface area contributed by atoms with E-state index < -0.39 is 0 Å². The molecule has 1 N–H and O–H groups in total. The van der Waals surface area contributed by atoms with Crippen LogP contribution in [0.4, 0.5) is 0 Å². The number of amidine groups is 1. The van der Waals surface area contributed by atoms with E-state index in [0.29, 0.717) is 10.9 Å². The minimum Gasteiger partial charge on any atom is -0.484 e. The van der Waals surface area contributed by atoms with Crippen LogP contribution >= 0.6 is 11.8 Å². The number of nitrogens with one attached hydrogen (secondary N) is 1. The fraction of sp³-hybridized carbons (Fsp3) is 0.385. The van der Waals surface area contributed by atoms with E-state index in [1.165, 1.54) is 5.56 Å². The normalized spacial score (nSPS) is 14.2. The van der Waals surface area contributed by atoms with E-state index in [1.807, 2.05) is 32.0 Å². The maximum atomic E-state index is 11.6. The molecule has 1 amide bonds. The molecule has 4 nitrogen and oxygen atoms in total. The average molecular weight is 264 g/mol. The number of amides is 1. The summed E-state index contributed by atoms with van der Waals surface area (Å²) in [5.74, 6) is 1.49. The first-order chi connectivity index (χ1) is 8.65. The van der Waals surface area contributed by atoms with Gasteiger partial charge in [0, 0.05) is 5.75 Å². The van der Waals surface area contributed by atoms with Gasteiger partial charge in [-0.2, -0.15) is 0 Å². The number of benzene rings is 1. The lowest BCUT2D eigenvalue weighted by Gasteiger charge is -2.08. The number of aliphatic imine (C=N–C) groups is 1. The monoisotopic (exact) mass is 264 g/mol. The number of nitrogens with zero attached hydrogens (tertiary/aromatic N) is 1. The van der Waals surface area contributed by atoms with Crippen molar-refractivity contribution in [1.29, 1.82) is 0 Å². The van der Waals surface area contributed by atoms with Gasteiger partial charge in [-0.15, -0.1) is 0 Å². The molecule has 0 aromatic heterocycles. The van der Waals surface area contributed by atoms with Crippen molar-refractivity contribution < 1.29 is 9.53 Å². The summed E-state index contributed by atoms with van der Waals surface area (Å²) in [5, 5.41) is 3.42. The summed E-state index contributed by atoms with van der Waals surface area (Å²) < 4.78 is 5.44. The molecule has 1 aromatic rings. The molecule has 0 unspecified atom stereocenters. The lowest BCUT2D eigenvalue weighted by molar-refractivity contribution is -0.121. The molecule has 1 aromatic carbocycles. The highest BCUT2D eigenvalue weighted by molar-refractivity contribution is 8.14. The number of thioether (sulfide) groups is 1. The van der Waals surface area contributed by atoms with Crippen molar-refractivity contribution in [3.05, 3.63) is 29.3 Å². The summed E-state index contributed by atoms with van der Waals surface area (Å²) in [6.45, 7) is 4.85. The standard InChI is InChI=1S/C13H16N2O2S/c1-9-3-4-11(7-10(9)2)17-8-12(16)15-13-14-5-6-18-13/h3-4,7H,5-6,8H2,1-2H3,(H,14,15,16). The third-order valence-electron chi connectivity index (χ3n) is 2.68. The molecule has 0 fully saturated rings. The van der Waals surface area contributed by atoms with Crippen molar-refractivity contribution >= 4 is 22.8 Å². The van der Waals surface area contributed by atoms with E-state index in [9.17, 15) is 4.79 Å². The number of hydrogen-bond acceptors (Lipinski definition) is 4. The van der Waals surface area contributed by atoms with Crippen LogP contribution in [0.1, 0.15) is 11.1 Å². The van der Waals surface area contributed by atoms with Crippen LogP contribution in [0.25, 0.3) is 0 Å². The first-order valence-corrected chi connectivity index (χ1v) is 6.81. The highest BCUT2D eigenvalue weighted by Gasteiger charge is 2.11. The zero-order valence-corrected chi connectivity index (χ0v) is 11.3. The maximum Gasteiger partial charge on any atom is 0.263 e. The van der Waals surface area contributed by atoms with Gasteiger partial charge in [-0.3, -0.25) is 9.79 Å².